The molecule has 0 amide bonds. The zero-order valence-corrected chi connectivity index (χ0v) is 26.9. The third-order valence-corrected chi connectivity index (χ3v) is 10.9. The van der Waals surface area contributed by atoms with Crippen LogP contribution in [-0.2, 0) is 0 Å². The van der Waals surface area contributed by atoms with Crippen molar-refractivity contribution in [2.75, 3.05) is 0 Å². The van der Waals surface area contributed by atoms with E-state index in [4.69, 9.17) is 6.57 Å². The number of fused-ring (bicyclic) bond motifs is 10. The summed E-state index contributed by atoms with van der Waals surface area (Å²) in [5.74, 6) is 0. The van der Waals surface area contributed by atoms with Crippen LogP contribution < -0.4 is 0 Å². The van der Waals surface area contributed by atoms with Crippen molar-refractivity contribution in [1.29, 1.82) is 5.26 Å². The Balaban J connectivity index is 1.20. The fourth-order valence-corrected chi connectivity index (χ4v) is 8.82. The van der Waals surface area contributed by atoms with Gasteiger partial charge in [0.25, 0.3) is 0 Å². The van der Waals surface area contributed by atoms with Crippen LogP contribution in [0.3, 0.4) is 0 Å². The zero-order chi connectivity index (χ0) is 32.6. The number of thiophene rings is 1. The van der Waals surface area contributed by atoms with Crippen LogP contribution in [0, 0.1) is 17.9 Å². The molecule has 7 aromatic carbocycles. The van der Waals surface area contributed by atoms with Gasteiger partial charge in [-0.05, 0) is 83.2 Å². The van der Waals surface area contributed by atoms with Crippen LogP contribution in [-0.4, -0.2) is 9.13 Å². The number of aromatic nitrogens is 2. The van der Waals surface area contributed by atoms with Crippen molar-refractivity contribution in [2.45, 2.75) is 0 Å². The third-order valence-electron chi connectivity index (χ3n) is 9.73. The van der Waals surface area contributed by atoms with Crippen molar-refractivity contribution in [3.05, 3.63) is 163 Å². The van der Waals surface area contributed by atoms with Crippen LogP contribution in [0.1, 0.15) is 5.56 Å². The van der Waals surface area contributed by atoms with E-state index in [1.807, 2.05) is 35.6 Å². The summed E-state index contributed by atoms with van der Waals surface area (Å²) in [5.41, 5.74) is 10.1. The Kier molecular flexibility index (Phi) is 5.84. The molecule has 49 heavy (non-hydrogen) atoms. The van der Waals surface area contributed by atoms with Gasteiger partial charge in [-0.15, -0.1) is 11.3 Å². The van der Waals surface area contributed by atoms with Crippen LogP contribution in [0.25, 0.3) is 91.1 Å². The summed E-state index contributed by atoms with van der Waals surface area (Å²) >= 11 is 1.83. The van der Waals surface area contributed by atoms with Gasteiger partial charge in [0, 0.05) is 43.0 Å². The SMILES string of the molecule is [C-]#[N+]c1ccc2c(c1)c1ccc3c4ccccc4sc3c1n2-c1cccc(-c2cccc(-n3c4ccccc4c4cc(C#N)ccc43)c2)c1. The largest absolute Gasteiger partial charge is 0.309 e. The van der Waals surface area contributed by atoms with Gasteiger partial charge in [-0.3, -0.25) is 0 Å². The number of hydrogen-bond acceptors (Lipinski definition) is 2. The Bertz CT molecular complexity index is 3090. The molecule has 0 saturated heterocycles. The average Bonchev–Trinajstić information content (AvgIpc) is 3.82. The number of nitrogens with zero attached hydrogens (tertiary/aromatic N) is 4. The maximum Gasteiger partial charge on any atom is 0.188 e. The second-order valence-corrected chi connectivity index (χ2v) is 13.4. The van der Waals surface area contributed by atoms with E-state index in [1.54, 1.807) is 0 Å². The van der Waals surface area contributed by atoms with Crippen molar-refractivity contribution >= 4 is 80.8 Å². The molecule has 10 rings (SSSR count). The number of para-hydroxylation sites is 1. The molecule has 5 heteroatoms. The fourth-order valence-electron chi connectivity index (χ4n) is 7.58. The molecule has 0 N–H and O–H groups in total. The summed E-state index contributed by atoms with van der Waals surface area (Å²) < 4.78 is 7.18. The molecule has 0 fully saturated rings. The highest BCUT2D eigenvalue weighted by Crippen LogP contribution is 2.44. The molecule has 3 heterocycles. The monoisotopic (exact) mass is 640 g/mol. The lowest BCUT2D eigenvalue weighted by Gasteiger charge is -2.13. The van der Waals surface area contributed by atoms with Gasteiger partial charge < -0.3 is 9.13 Å². The topological polar surface area (TPSA) is 38.0 Å². The van der Waals surface area contributed by atoms with E-state index in [0.29, 0.717) is 11.3 Å². The van der Waals surface area contributed by atoms with E-state index in [-0.39, 0.29) is 0 Å². The van der Waals surface area contributed by atoms with E-state index in [2.05, 4.69) is 141 Å². The molecule has 4 nitrogen and oxygen atoms in total. The fraction of sp³-hybridized carbons (Fsp3) is 0. The number of nitriles is 1. The first-order valence-corrected chi connectivity index (χ1v) is 16.9. The average molecular weight is 641 g/mol. The van der Waals surface area contributed by atoms with Crippen LogP contribution in [0.4, 0.5) is 5.69 Å². The molecule has 0 atom stereocenters. The summed E-state index contributed by atoms with van der Waals surface area (Å²) in [7, 11) is 0. The van der Waals surface area contributed by atoms with Crippen molar-refractivity contribution in [3.8, 4) is 28.6 Å². The van der Waals surface area contributed by atoms with E-state index in [0.717, 1.165) is 60.6 Å². The molecule has 0 spiro atoms. The minimum absolute atomic E-state index is 0.641. The van der Waals surface area contributed by atoms with Gasteiger partial charge in [-0.25, -0.2) is 4.85 Å². The van der Waals surface area contributed by atoms with Crippen molar-refractivity contribution in [2.24, 2.45) is 0 Å². The first-order valence-electron chi connectivity index (χ1n) is 16.1. The molecule has 0 unspecified atom stereocenters. The third kappa shape index (κ3) is 4.01. The molecule has 10 aromatic rings. The Morgan fingerprint density at radius 1 is 0.531 bits per heavy atom. The first kappa shape index (κ1) is 27.5. The normalized spacial score (nSPS) is 11.6. The van der Waals surface area contributed by atoms with E-state index >= 15 is 0 Å². The van der Waals surface area contributed by atoms with Crippen LogP contribution in [0.15, 0.2) is 146 Å². The second kappa shape index (κ2) is 10.4. The van der Waals surface area contributed by atoms with Gasteiger partial charge in [0.05, 0.1) is 45.0 Å². The summed E-state index contributed by atoms with van der Waals surface area (Å²) in [6, 6.07) is 53.2. The number of hydrogen-bond donors (Lipinski definition) is 0. The van der Waals surface area contributed by atoms with Gasteiger partial charge in [-0.1, -0.05) is 78.9 Å². The number of benzene rings is 7. The van der Waals surface area contributed by atoms with Gasteiger partial charge in [0.15, 0.2) is 5.69 Å². The minimum Gasteiger partial charge on any atom is -0.309 e. The summed E-state index contributed by atoms with van der Waals surface area (Å²) in [5, 5.41) is 16.6. The van der Waals surface area contributed by atoms with E-state index < -0.39 is 0 Å². The summed E-state index contributed by atoms with van der Waals surface area (Å²) in [6.45, 7) is 7.71. The Morgan fingerprint density at radius 2 is 1.18 bits per heavy atom. The lowest BCUT2D eigenvalue weighted by molar-refractivity contribution is 1.18. The molecular weight excluding hydrogens is 617 g/mol. The van der Waals surface area contributed by atoms with Gasteiger partial charge in [-0.2, -0.15) is 5.26 Å². The molecule has 226 valence electrons. The molecule has 0 aliphatic carbocycles. The quantitative estimate of drug-likeness (QED) is 0.177. The molecule has 0 aliphatic heterocycles. The molecular formula is C44H24N4S. The second-order valence-electron chi connectivity index (χ2n) is 12.4. The van der Waals surface area contributed by atoms with Crippen molar-refractivity contribution in [3.63, 3.8) is 0 Å². The molecule has 0 aliphatic rings. The Morgan fingerprint density at radius 3 is 1.98 bits per heavy atom. The Hall–Kier alpha value is -6.66. The highest BCUT2D eigenvalue weighted by atomic mass is 32.1. The first-order chi connectivity index (χ1) is 24.2. The van der Waals surface area contributed by atoms with Crippen LogP contribution in [0.2, 0.25) is 0 Å². The van der Waals surface area contributed by atoms with Crippen molar-refractivity contribution < 1.29 is 0 Å². The smallest absolute Gasteiger partial charge is 0.188 e. The predicted octanol–water partition coefficient (Wildman–Crippen LogP) is 12.3. The minimum atomic E-state index is 0.641. The lowest BCUT2D eigenvalue weighted by atomic mass is 10.0. The van der Waals surface area contributed by atoms with Gasteiger partial charge >= 0.3 is 0 Å². The standard InChI is InChI=1S/C44H24N4S/c1-46-30-17-21-41-38(25-30)35-18-19-36-34-13-3-5-15-42(34)49-44(36)43(35)48(41)32-11-7-9-29(24-32)28-8-6-10-31(23-28)47-39-14-4-2-12-33(39)37-22-27(26-45)16-20-40(37)47/h2-25H. The van der Waals surface area contributed by atoms with Gasteiger partial charge in [0.1, 0.15) is 0 Å². The van der Waals surface area contributed by atoms with Crippen LogP contribution >= 0.6 is 11.3 Å². The van der Waals surface area contributed by atoms with E-state index in [9.17, 15) is 5.26 Å². The lowest BCUT2D eigenvalue weighted by Crippen LogP contribution is -1.96. The zero-order valence-electron chi connectivity index (χ0n) is 26.1. The highest BCUT2D eigenvalue weighted by molar-refractivity contribution is 7.26. The molecule has 0 radical (unpaired) electrons. The summed E-state index contributed by atoms with van der Waals surface area (Å²) in [4.78, 5) is 3.76. The highest BCUT2D eigenvalue weighted by Gasteiger charge is 2.19. The van der Waals surface area contributed by atoms with Crippen molar-refractivity contribution in [1.82, 2.24) is 9.13 Å². The maximum absolute atomic E-state index is 9.60. The number of rotatable bonds is 3. The molecule has 0 bridgehead atoms. The molecule has 0 saturated carbocycles. The van der Waals surface area contributed by atoms with Crippen LogP contribution in [0.5, 0.6) is 0 Å². The molecule has 3 aromatic heterocycles. The van der Waals surface area contributed by atoms with Gasteiger partial charge in [0.2, 0.25) is 0 Å². The van der Waals surface area contributed by atoms with E-state index in [1.165, 1.54) is 25.7 Å². The predicted molar refractivity (Wildman–Crippen MR) is 204 cm³/mol. The summed E-state index contributed by atoms with van der Waals surface area (Å²) in [6.07, 6.45) is 0. The maximum atomic E-state index is 9.60. The Labute approximate surface area is 285 Å².